The van der Waals surface area contributed by atoms with Gasteiger partial charge in [-0.3, -0.25) is 14.6 Å². The normalized spacial score (nSPS) is 10.9. The average Bonchev–Trinajstić information content (AvgIpc) is 3.00. The number of hydrogen-bond acceptors (Lipinski definition) is 6. The molecule has 136 valence electrons. The molecule has 7 nitrogen and oxygen atoms in total. The fraction of sp³-hybridized carbons (Fsp3) is 0.176. The Hall–Kier alpha value is -2.24. The molecule has 0 saturated carbocycles. The molecule has 9 heteroatoms. The molecular formula is C17H15FIN3O4. The lowest BCUT2D eigenvalue weighted by Crippen LogP contribution is -2.25. The zero-order valence-corrected chi connectivity index (χ0v) is 15.9. The van der Waals surface area contributed by atoms with E-state index in [0.717, 1.165) is 3.57 Å². The lowest BCUT2D eigenvalue weighted by Gasteiger charge is -2.09. The van der Waals surface area contributed by atoms with Crippen LogP contribution in [0.4, 0.5) is 15.8 Å². The third kappa shape index (κ3) is 4.11. The Balaban J connectivity index is 1.93. The van der Waals surface area contributed by atoms with Crippen molar-refractivity contribution < 1.29 is 23.2 Å². The van der Waals surface area contributed by atoms with E-state index >= 15 is 0 Å². The topological polar surface area (TPSA) is 85.6 Å². The highest BCUT2D eigenvalue weighted by Gasteiger charge is 2.22. The number of rotatable bonds is 7. The molecule has 26 heavy (non-hydrogen) atoms. The first kappa shape index (κ1) is 18.5. The molecule has 0 bridgehead atoms. The van der Waals surface area contributed by atoms with Crippen LogP contribution in [-0.4, -0.2) is 31.2 Å². The fourth-order valence-corrected chi connectivity index (χ4v) is 2.69. The van der Waals surface area contributed by atoms with Crippen molar-refractivity contribution in [1.29, 1.82) is 0 Å². The Bertz CT molecular complexity index is 932. The third-order valence-electron chi connectivity index (χ3n) is 3.44. The molecule has 0 aliphatic heterocycles. The van der Waals surface area contributed by atoms with E-state index in [1.165, 1.54) is 25.6 Å². The van der Waals surface area contributed by atoms with Gasteiger partial charge < -0.3 is 14.5 Å². The minimum absolute atomic E-state index is 0.0385. The van der Waals surface area contributed by atoms with Crippen molar-refractivity contribution in [3.8, 4) is 0 Å². The van der Waals surface area contributed by atoms with Crippen molar-refractivity contribution in [2.45, 2.75) is 0 Å². The largest absolute Gasteiger partial charge is 0.448 e. The van der Waals surface area contributed by atoms with Gasteiger partial charge in [-0.05, 0) is 46.9 Å². The van der Waals surface area contributed by atoms with Crippen LogP contribution in [0.2, 0.25) is 0 Å². The molecule has 2 N–H and O–H groups in total. The van der Waals surface area contributed by atoms with E-state index in [-0.39, 0.29) is 18.1 Å². The number of nitrogens with zero attached hydrogens (tertiary/aromatic N) is 1. The van der Waals surface area contributed by atoms with Gasteiger partial charge in [0.25, 0.3) is 0 Å². The quantitative estimate of drug-likeness (QED) is 0.311. The maximum absolute atomic E-state index is 14.2. The van der Waals surface area contributed by atoms with Crippen LogP contribution < -0.4 is 10.8 Å². The first-order valence-corrected chi connectivity index (χ1v) is 8.67. The number of anilines is 2. The molecule has 3 aromatic rings. The summed E-state index contributed by atoms with van der Waals surface area (Å²) in [6.45, 7) is 0.502. The summed E-state index contributed by atoms with van der Waals surface area (Å²) in [6, 6.07) is 6.34. The standard InChI is InChI=1S/C17H15FIN3O4/c1-24-6-7-25-22-17(23)16-15(11-9-20-5-4-14(11)26-16)21-13-3-2-10(19)8-12(13)18/h2-5,8-9,21H,6-7H2,1H3,(H,22,23). The van der Waals surface area contributed by atoms with Crippen LogP contribution in [0.15, 0.2) is 41.1 Å². The van der Waals surface area contributed by atoms with E-state index in [2.05, 4.69) is 15.8 Å². The number of carbonyl (C=O) groups is 1. The first-order chi connectivity index (χ1) is 12.6. The molecule has 2 heterocycles. The van der Waals surface area contributed by atoms with Gasteiger partial charge in [0.1, 0.15) is 17.1 Å². The number of nitrogens with one attached hydrogen (secondary N) is 2. The fourth-order valence-electron chi connectivity index (χ4n) is 2.24. The lowest BCUT2D eigenvalue weighted by atomic mass is 10.2. The number of halogens is 2. The zero-order chi connectivity index (χ0) is 18.5. The number of fused-ring (bicyclic) bond motifs is 1. The van der Waals surface area contributed by atoms with Crippen LogP contribution in [-0.2, 0) is 9.57 Å². The number of pyridine rings is 1. The van der Waals surface area contributed by atoms with Gasteiger partial charge in [0.15, 0.2) is 0 Å². The van der Waals surface area contributed by atoms with E-state index in [0.29, 0.717) is 23.3 Å². The number of benzene rings is 1. The van der Waals surface area contributed by atoms with Crippen molar-refractivity contribution in [2.24, 2.45) is 0 Å². The lowest BCUT2D eigenvalue weighted by molar-refractivity contribution is 0.00750. The van der Waals surface area contributed by atoms with Crippen molar-refractivity contribution in [3.63, 3.8) is 0 Å². The summed E-state index contributed by atoms with van der Waals surface area (Å²) in [4.78, 5) is 21.5. The number of carbonyl (C=O) groups excluding carboxylic acids is 1. The first-order valence-electron chi connectivity index (χ1n) is 7.60. The number of furan rings is 1. The molecule has 3 rings (SSSR count). The number of hydrogen-bond donors (Lipinski definition) is 2. The van der Waals surface area contributed by atoms with Gasteiger partial charge >= 0.3 is 5.91 Å². The van der Waals surface area contributed by atoms with E-state index < -0.39 is 11.7 Å². The molecule has 1 amide bonds. The van der Waals surface area contributed by atoms with E-state index in [1.807, 2.05) is 22.6 Å². The SMILES string of the molecule is COCCONC(=O)c1oc2ccncc2c1Nc1ccc(I)cc1F. The van der Waals surface area contributed by atoms with Gasteiger partial charge in [-0.25, -0.2) is 9.87 Å². The number of amides is 1. The van der Waals surface area contributed by atoms with E-state index in [1.54, 1.807) is 18.2 Å². The molecule has 0 unspecified atom stereocenters. The van der Waals surface area contributed by atoms with Crippen molar-refractivity contribution in [3.05, 3.63) is 51.8 Å². The van der Waals surface area contributed by atoms with Crippen molar-refractivity contribution in [2.75, 3.05) is 25.6 Å². The Morgan fingerprint density at radius 2 is 2.19 bits per heavy atom. The maximum Gasteiger partial charge on any atom is 0.312 e. The summed E-state index contributed by atoms with van der Waals surface area (Å²) >= 11 is 2.02. The predicted molar refractivity (Wildman–Crippen MR) is 102 cm³/mol. The molecule has 0 radical (unpaired) electrons. The number of methoxy groups -OCH3 is 1. The molecule has 0 saturated heterocycles. The number of hydroxylamine groups is 1. The smallest absolute Gasteiger partial charge is 0.312 e. The summed E-state index contributed by atoms with van der Waals surface area (Å²) in [5.41, 5.74) is 3.24. The Labute approximate surface area is 162 Å². The summed E-state index contributed by atoms with van der Waals surface area (Å²) in [5, 5.41) is 3.47. The van der Waals surface area contributed by atoms with Crippen molar-refractivity contribution in [1.82, 2.24) is 10.5 Å². The molecule has 0 aliphatic carbocycles. The van der Waals surface area contributed by atoms with E-state index in [4.69, 9.17) is 14.0 Å². The Kier molecular flexibility index (Phi) is 6.01. The number of ether oxygens (including phenoxy) is 1. The van der Waals surface area contributed by atoms with Crippen LogP contribution in [0, 0.1) is 9.39 Å². The van der Waals surface area contributed by atoms with Crippen LogP contribution in [0.5, 0.6) is 0 Å². The van der Waals surface area contributed by atoms with Crippen LogP contribution in [0.3, 0.4) is 0 Å². The van der Waals surface area contributed by atoms with Gasteiger partial charge in [0.05, 0.1) is 24.3 Å². The third-order valence-corrected chi connectivity index (χ3v) is 4.11. The molecule has 0 atom stereocenters. The van der Waals surface area contributed by atoms with Crippen LogP contribution in [0.1, 0.15) is 10.6 Å². The van der Waals surface area contributed by atoms with Gasteiger partial charge in [-0.1, -0.05) is 0 Å². The molecule has 2 aromatic heterocycles. The minimum atomic E-state index is -0.606. The summed E-state index contributed by atoms with van der Waals surface area (Å²) < 4.78 is 25.4. The highest BCUT2D eigenvalue weighted by atomic mass is 127. The van der Waals surface area contributed by atoms with E-state index in [9.17, 15) is 9.18 Å². The van der Waals surface area contributed by atoms with Crippen LogP contribution in [0.25, 0.3) is 11.0 Å². The van der Waals surface area contributed by atoms with Gasteiger partial charge in [0.2, 0.25) is 5.76 Å². The Morgan fingerprint density at radius 1 is 1.35 bits per heavy atom. The average molecular weight is 471 g/mol. The summed E-state index contributed by atoms with van der Waals surface area (Å²) in [5.74, 6) is -1.09. The predicted octanol–water partition coefficient (Wildman–Crippen LogP) is 3.62. The molecule has 1 aromatic carbocycles. The molecule has 0 fully saturated rings. The highest BCUT2D eigenvalue weighted by Crippen LogP contribution is 2.33. The molecule has 0 aliphatic rings. The molecular weight excluding hydrogens is 456 g/mol. The van der Waals surface area contributed by atoms with Gasteiger partial charge in [-0.15, -0.1) is 0 Å². The van der Waals surface area contributed by atoms with Crippen molar-refractivity contribution >= 4 is 50.8 Å². The Morgan fingerprint density at radius 3 is 2.96 bits per heavy atom. The second kappa shape index (κ2) is 8.43. The summed E-state index contributed by atoms with van der Waals surface area (Å²) in [6.07, 6.45) is 3.08. The highest BCUT2D eigenvalue weighted by molar-refractivity contribution is 14.1. The minimum Gasteiger partial charge on any atom is -0.448 e. The maximum atomic E-state index is 14.2. The number of aromatic nitrogens is 1. The molecule has 0 spiro atoms. The van der Waals surface area contributed by atoms with Gasteiger partial charge in [-0.2, -0.15) is 0 Å². The summed E-state index contributed by atoms with van der Waals surface area (Å²) in [7, 11) is 1.52. The van der Waals surface area contributed by atoms with Crippen LogP contribution >= 0.6 is 22.6 Å². The van der Waals surface area contributed by atoms with Gasteiger partial charge in [0, 0.05) is 23.1 Å². The second-order valence-corrected chi connectivity index (χ2v) is 6.45. The zero-order valence-electron chi connectivity index (χ0n) is 13.7. The second-order valence-electron chi connectivity index (χ2n) is 5.20. The monoisotopic (exact) mass is 471 g/mol.